The Labute approximate surface area is 118 Å². The van der Waals surface area contributed by atoms with Gasteiger partial charge in [-0.1, -0.05) is 6.92 Å². The van der Waals surface area contributed by atoms with Crippen molar-refractivity contribution in [3.05, 3.63) is 52.8 Å². The minimum Gasteiger partial charge on any atom is -0.478 e. The van der Waals surface area contributed by atoms with E-state index in [0.29, 0.717) is 5.56 Å². The summed E-state index contributed by atoms with van der Waals surface area (Å²) in [6.07, 6.45) is 3.48. The molecule has 1 N–H and O–H groups in total. The predicted molar refractivity (Wildman–Crippen MR) is 78.7 cm³/mol. The Kier molecular flexibility index (Phi) is 3.13. The van der Waals surface area contributed by atoms with Gasteiger partial charge >= 0.3 is 5.97 Å². The third-order valence-corrected chi connectivity index (χ3v) is 4.19. The number of benzene rings is 1. The second kappa shape index (κ2) is 4.82. The number of aromatic nitrogens is 1. The molecule has 0 saturated carbocycles. The standard InChI is InChI=1S/C17H19NO2/c1-11-3-8-16-14(9-11)10-12(2)18(16)15-6-4-13(5-7-15)17(19)20/h4-7,10-11H,3,8-9H2,1-2H3,(H,19,20)/t11-/m0/s1. The van der Waals surface area contributed by atoms with E-state index in [1.54, 1.807) is 12.1 Å². The van der Waals surface area contributed by atoms with Gasteiger partial charge in [-0.25, -0.2) is 4.79 Å². The van der Waals surface area contributed by atoms with Crippen molar-refractivity contribution in [1.82, 2.24) is 4.57 Å². The maximum absolute atomic E-state index is 10.9. The average Bonchev–Trinajstić information content (AvgIpc) is 2.73. The smallest absolute Gasteiger partial charge is 0.335 e. The molecule has 0 aliphatic heterocycles. The van der Waals surface area contributed by atoms with Crippen molar-refractivity contribution in [2.45, 2.75) is 33.1 Å². The van der Waals surface area contributed by atoms with Crippen LogP contribution < -0.4 is 0 Å². The zero-order valence-corrected chi connectivity index (χ0v) is 11.9. The summed E-state index contributed by atoms with van der Waals surface area (Å²) in [5, 5.41) is 8.98. The molecule has 1 aliphatic carbocycles. The largest absolute Gasteiger partial charge is 0.478 e. The second-order valence-corrected chi connectivity index (χ2v) is 5.79. The van der Waals surface area contributed by atoms with Crippen LogP contribution in [-0.2, 0) is 12.8 Å². The molecule has 0 saturated heterocycles. The maximum atomic E-state index is 10.9. The molecule has 3 heteroatoms. The number of aromatic carboxylic acids is 1. The Hall–Kier alpha value is -2.03. The third-order valence-electron chi connectivity index (χ3n) is 4.19. The number of fused-ring (bicyclic) bond motifs is 1. The van der Waals surface area contributed by atoms with Crippen LogP contribution in [0.4, 0.5) is 0 Å². The minimum atomic E-state index is -0.878. The van der Waals surface area contributed by atoms with Gasteiger partial charge in [-0.05, 0) is 68.0 Å². The van der Waals surface area contributed by atoms with E-state index in [9.17, 15) is 4.79 Å². The SMILES string of the molecule is Cc1cc2c(n1-c1ccc(C(=O)O)cc1)CC[C@H](C)C2. The van der Waals surface area contributed by atoms with Crippen molar-refractivity contribution in [1.29, 1.82) is 0 Å². The molecule has 1 aliphatic rings. The number of nitrogens with zero attached hydrogens (tertiary/aromatic N) is 1. The lowest BCUT2D eigenvalue weighted by Crippen LogP contribution is -2.13. The summed E-state index contributed by atoms with van der Waals surface area (Å²) in [5.41, 5.74) is 5.46. The molecule has 0 unspecified atom stereocenters. The van der Waals surface area contributed by atoms with E-state index in [-0.39, 0.29) is 0 Å². The second-order valence-electron chi connectivity index (χ2n) is 5.79. The lowest BCUT2D eigenvalue weighted by molar-refractivity contribution is 0.0697. The van der Waals surface area contributed by atoms with E-state index < -0.39 is 5.97 Å². The number of carbonyl (C=O) groups is 1. The fourth-order valence-electron chi connectivity index (χ4n) is 3.18. The third kappa shape index (κ3) is 2.13. The van der Waals surface area contributed by atoms with Gasteiger partial charge in [0.25, 0.3) is 0 Å². The van der Waals surface area contributed by atoms with Crippen LogP contribution in [0, 0.1) is 12.8 Å². The number of carboxylic acids is 1. The van der Waals surface area contributed by atoms with Gasteiger partial charge in [0.2, 0.25) is 0 Å². The lowest BCUT2D eigenvalue weighted by Gasteiger charge is -2.21. The number of rotatable bonds is 2. The zero-order chi connectivity index (χ0) is 14.3. The first-order valence-electron chi connectivity index (χ1n) is 7.10. The first-order chi connectivity index (χ1) is 9.56. The quantitative estimate of drug-likeness (QED) is 0.905. The highest BCUT2D eigenvalue weighted by molar-refractivity contribution is 5.87. The minimum absolute atomic E-state index is 0.334. The number of aryl methyl sites for hydroxylation is 1. The molecule has 1 atom stereocenters. The predicted octanol–water partition coefficient (Wildman–Crippen LogP) is 3.61. The molecule has 1 aromatic carbocycles. The monoisotopic (exact) mass is 269 g/mol. The molecule has 0 fully saturated rings. The average molecular weight is 269 g/mol. The summed E-state index contributed by atoms with van der Waals surface area (Å²) < 4.78 is 2.27. The van der Waals surface area contributed by atoms with Crippen LogP contribution in [0.3, 0.4) is 0 Å². The van der Waals surface area contributed by atoms with Crippen molar-refractivity contribution in [3.63, 3.8) is 0 Å². The molecule has 104 valence electrons. The fourth-order valence-corrected chi connectivity index (χ4v) is 3.18. The van der Waals surface area contributed by atoms with Crippen molar-refractivity contribution >= 4 is 5.97 Å². The van der Waals surface area contributed by atoms with Gasteiger partial charge in [-0.3, -0.25) is 0 Å². The van der Waals surface area contributed by atoms with Gasteiger partial charge in [0.15, 0.2) is 0 Å². The van der Waals surface area contributed by atoms with Gasteiger partial charge in [-0.2, -0.15) is 0 Å². The summed E-state index contributed by atoms with van der Waals surface area (Å²) in [7, 11) is 0. The van der Waals surface area contributed by atoms with Gasteiger partial charge < -0.3 is 9.67 Å². The molecule has 20 heavy (non-hydrogen) atoms. The molecule has 0 spiro atoms. The Morgan fingerprint density at radius 2 is 2.00 bits per heavy atom. The Morgan fingerprint density at radius 3 is 2.65 bits per heavy atom. The summed E-state index contributed by atoms with van der Waals surface area (Å²) >= 11 is 0. The zero-order valence-electron chi connectivity index (χ0n) is 11.9. The first kappa shape index (κ1) is 13.0. The molecule has 0 bridgehead atoms. The summed E-state index contributed by atoms with van der Waals surface area (Å²) in [5.74, 6) is -0.122. The highest BCUT2D eigenvalue weighted by atomic mass is 16.4. The Balaban J connectivity index is 2.04. The van der Waals surface area contributed by atoms with Crippen LogP contribution in [0.1, 0.15) is 40.7 Å². The van der Waals surface area contributed by atoms with Gasteiger partial charge in [-0.15, -0.1) is 0 Å². The van der Waals surface area contributed by atoms with Crippen molar-refractivity contribution < 1.29 is 9.90 Å². The van der Waals surface area contributed by atoms with E-state index in [4.69, 9.17) is 5.11 Å². The van der Waals surface area contributed by atoms with Crippen LogP contribution in [0.2, 0.25) is 0 Å². The highest BCUT2D eigenvalue weighted by Crippen LogP contribution is 2.30. The number of hydrogen-bond acceptors (Lipinski definition) is 1. The molecule has 0 radical (unpaired) electrons. The van der Waals surface area contributed by atoms with Crippen LogP contribution in [-0.4, -0.2) is 15.6 Å². The van der Waals surface area contributed by atoms with Gasteiger partial charge in [0, 0.05) is 17.1 Å². The van der Waals surface area contributed by atoms with E-state index >= 15 is 0 Å². The topological polar surface area (TPSA) is 42.2 Å². The van der Waals surface area contributed by atoms with Crippen LogP contribution in [0.25, 0.3) is 5.69 Å². The van der Waals surface area contributed by atoms with Crippen LogP contribution in [0.15, 0.2) is 30.3 Å². The summed E-state index contributed by atoms with van der Waals surface area (Å²) in [4.78, 5) is 10.9. The molecule has 3 nitrogen and oxygen atoms in total. The molecule has 1 heterocycles. The van der Waals surface area contributed by atoms with E-state index in [2.05, 4.69) is 24.5 Å². The normalized spacial score (nSPS) is 17.8. The van der Waals surface area contributed by atoms with Crippen LogP contribution in [0.5, 0.6) is 0 Å². The summed E-state index contributed by atoms with van der Waals surface area (Å²) in [6.45, 7) is 4.42. The molecule has 1 aromatic heterocycles. The highest BCUT2D eigenvalue weighted by Gasteiger charge is 2.21. The van der Waals surface area contributed by atoms with Crippen molar-refractivity contribution in [2.75, 3.05) is 0 Å². The van der Waals surface area contributed by atoms with E-state index in [0.717, 1.165) is 24.4 Å². The summed E-state index contributed by atoms with van der Waals surface area (Å²) in [6, 6.07) is 9.42. The van der Waals surface area contributed by atoms with E-state index in [1.165, 1.54) is 23.4 Å². The lowest BCUT2D eigenvalue weighted by atomic mass is 9.89. The van der Waals surface area contributed by atoms with E-state index in [1.807, 2.05) is 12.1 Å². The molecule has 2 aromatic rings. The molecule has 3 rings (SSSR count). The fraction of sp³-hybridized carbons (Fsp3) is 0.353. The van der Waals surface area contributed by atoms with Crippen molar-refractivity contribution in [3.8, 4) is 5.69 Å². The Bertz CT molecular complexity index is 652. The molecule has 0 amide bonds. The van der Waals surface area contributed by atoms with Crippen molar-refractivity contribution in [2.24, 2.45) is 5.92 Å². The van der Waals surface area contributed by atoms with Gasteiger partial charge in [0.05, 0.1) is 5.56 Å². The van der Waals surface area contributed by atoms with Crippen LogP contribution >= 0.6 is 0 Å². The molecular formula is C17H19NO2. The maximum Gasteiger partial charge on any atom is 0.335 e. The molecular weight excluding hydrogens is 250 g/mol. The number of carboxylic acid groups (broad SMARTS) is 1. The first-order valence-corrected chi connectivity index (χ1v) is 7.10. The Morgan fingerprint density at radius 1 is 1.30 bits per heavy atom. The van der Waals surface area contributed by atoms with Gasteiger partial charge in [0.1, 0.15) is 0 Å². The number of hydrogen-bond donors (Lipinski definition) is 1.